The zero-order valence-corrected chi connectivity index (χ0v) is 11.8. The molecule has 0 spiro atoms. The molecule has 0 saturated carbocycles. The fraction of sp³-hybridized carbons (Fsp3) is 0.235. The molecular weight excluding hydrogens is 268 g/mol. The highest BCUT2D eigenvalue weighted by atomic mass is 16.5. The van der Waals surface area contributed by atoms with Crippen molar-refractivity contribution in [2.24, 2.45) is 0 Å². The fourth-order valence-corrected chi connectivity index (χ4v) is 2.50. The lowest BCUT2D eigenvalue weighted by molar-refractivity contribution is 0.0690. The SMILES string of the molecule is CCCOc1ccc2c(c1C(=O)O)Cc1ccccc1O2. The first-order valence-electron chi connectivity index (χ1n) is 6.98. The number of fused-ring (bicyclic) bond motifs is 2. The highest BCUT2D eigenvalue weighted by Crippen LogP contribution is 2.40. The summed E-state index contributed by atoms with van der Waals surface area (Å²) in [4.78, 5) is 11.6. The number of ether oxygens (including phenoxy) is 2. The van der Waals surface area contributed by atoms with Gasteiger partial charge in [-0.25, -0.2) is 4.79 Å². The highest BCUT2D eigenvalue weighted by Gasteiger charge is 2.25. The Balaban J connectivity index is 2.07. The molecule has 4 heteroatoms. The molecular formula is C17H16O4. The molecule has 108 valence electrons. The molecule has 0 bridgehead atoms. The molecule has 1 aliphatic rings. The van der Waals surface area contributed by atoms with E-state index in [0.29, 0.717) is 30.1 Å². The van der Waals surface area contributed by atoms with Crippen molar-refractivity contribution in [3.05, 3.63) is 53.1 Å². The number of rotatable bonds is 4. The average Bonchev–Trinajstić information content (AvgIpc) is 2.50. The van der Waals surface area contributed by atoms with Crippen molar-refractivity contribution in [1.82, 2.24) is 0 Å². The summed E-state index contributed by atoms with van der Waals surface area (Å²) in [7, 11) is 0. The number of carboxylic acids is 1. The highest BCUT2D eigenvalue weighted by molar-refractivity contribution is 5.94. The van der Waals surface area contributed by atoms with Crippen molar-refractivity contribution in [2.45, 2.75) is 19.8 Å². The van der Waals surface area contributed by atoms with Crippen molar-refractivity contribution in [2.75, 3.05) is 6.61 Å². The molecule has 1 N–H and O–H groups in total. The molecule has 2 aromatic rings. The van der Waals surface area contributed by atoms with Crippen LogP contribution in [-0.2, 0) is 6.42 Å². The summed E-state index contributed by atoms with van der Waals surface area (Å²) in [5.74, 6) is 0.797. The average molecular weight is 284 g/mol. The number of hydrogen-bond donors (Lipinski definition) is 1. The van der Waals surface area contributed by atoms with Gasteiger partial charge in [-0.15, -0.1) is 0 Å². The first-order valence-corrected chi connectivity index (χ1v) is 6.98. The van der Waals surface area contributed by atoms with Crippen LogP contribution < -0.4 is 9.47 Å². The second kappa shape index (κ2) is 5.48. The normalized spacial score (nSPS) is 12.0. The van der Waals surface area contributed by atoms with E-state index in [1.54, 1.807) is 12.1 Å². The second-order valence-corrected chi connectivity index (χ2v) is 4.96. The molecule has 0 amide bonds. The third-order valence-electron chi connectivity index (χ3n) is 3.47. The van der Waals surface area contributed by atoms with Gasteiger partial charge in [-0.1, -0.05) is 25.1 Å². The predicted molar refractivity (Wildman–Crippen MR) is 78.5 cm³/mol. The Kier molecular flexibility index (Phi) is 3.52. The van der Waals surface area contributed by atoms with E-state index >= 15 is 0 Å². The quantitative estimate of drug-likeness (QED) is 0.790. The minimum Gasteiger partial charge on any atom is -0.493 e. The standard InChI is InChI=1S/C17H16O4/c1-2-9-20-15-8-7-14-12(16(15)17(18)19)10-11-5-3-4-6-13(11)21-14/h3-8H,2,9-10H2,1H3,(H,18,19). The van der Waals surface area contributed by atoms with Crippen molar-refractivity contribution in [1.29, 1.82) is 0 Å². The van der Waals surface area contributed by atoms with Crippen LogP contribution in [0.4, 0.5) is 0 Å². The van der Waals surface area contributed by atoms with Gasteiger partial charge in [0.25, 0.3) is 0 Å². The zero-order chi connectivity index (χ0) is 14.8. The van der Waals surface area contributed by atoms with Crippen molar-refractivity contribution in [3.63, 3.8) is 0 Å². The van der Waals surface area contributed by atoms with Gasteiger partial charge in [0.05, 0.1) is 6.61 Å². The zero-order valence-electron chi connectivity index (χ0n) is 11.8. The van der Waals surface area contributed by atoms with E-state index in [0.717, 1.165) is 17.7 Å². The van der Waals surface area contributed by atoms with E-state index in [4.69, 9.17) is 9.47 Å². The Morgan fingerprint density at radius 1 is 1.24 bits per heavy atom. The molecule has 1 heterocycles. The third kappa shape index (κ3) is 2.44. The molecule has 0 aromatic heterocycles. The maximum Gasteiger partial charge on any atom is 0.339 e. The summed E-state index contributed by atoms with van der Waals surface area (Å²) in [5, 5.41) is 9.53. The Morgan fingerprint density at radius 2 is 2.05 bits per heavy atom. The number of aromatic carboxylic acids is 1. The summed E-state index contributed by atoms with van der Waals surface area (Å²) in [5.41, 5.74) is 1.87. The van der Waals surface area contributed by atoms with E-state index in [2.05, 4.69) is 0 Å². The van der Waals surface area contributed by atoms with Crippen LogP contribution in [0, 0.1) is 0 Å². The first-order chi connectivity index (χ1) is 10.2. The molecule has 0 radical (unpaired) electrons. The molecule has 0 saturated heterocycles. The lowest BCUT2D eigenvalue weighted by Gasteiger charge is -2.23. The summed E-state index contributed by atoms with van der Waals surface area (Å²) in [6.07, 6.45) is 1.37. The van der Waals surface area contributed by atoms with Gasteiger partial charge in [0.15, 0.2) is 0 Å². The van der Waals surface area contributed by atoms with E-state index < -0.39 is 5.97 Å². The Hall–Kier alpha value is -2.49. The van der Waals surface area contributed by atoms with Gasteiger partial charge in [0.1, 0.15) is 22.8 Å². The van der Waals surface area contributed by atoms with Gasteiger partial charge in [0.2, 0.25) is 0 Å². The summed E-state index contributed by atoms with van der Waals surface area (Å²) < 4.78 is 11.4. The molecule has 2 aromatic carbocycles. The molecule has 1 aliphatic heterocycles. The Labute approximate surface area is 122 Å². The molecule has 3 rings (SSSR count). The molecule has 4 nitrogen and oxygen atoms in total. The number of benzene rings is 2. The number of carbonyl (C=O) groups is 1. The monoisotopic (exact) mass is 284 g/mol. The van der Waals surface area contributed by atoms with Crippen LogP contribution in [-0.4, -0.2) is 17.7 Å². The lowest BCUT2D eigenvalue weighted by atomic mass is 9.95. The summed E-state index contributed by atoms with van der Waals surface area (Å²) in [6.45, 7) is 2.48. The van der Waals surface area contributed by atoms with Crippen LogP contribution in [0.3, 0.4) is 0 Å². The van der Waals surface area contributed by atoms with Crippen LogP contribution in [0.5, 0.6) is 17.2 Å². The molecule has 0 unspecified atom stereocenters. The second-order valence-electron chi connectivity index (χ2n) is 4.96. The maximum absolute atomic E-state index is 11.6. The number of carboxylic acid groups (broad SMARTS) is 1. The van der Waals surface area contributed by atoms with Gasteiger partial charge in [-0.2, -0.15) is 0 Å². The molecule has 0 fully saturated rings. The van der Waals surface area contributed by atoms with Gasteiger partial charge in [-0.3, -0.25) is 0 Å². The van der Waals surface area contributed by atoms with Gasteiger partial charge < -0.3 is 14.6 Å². The van der Waals surface area contributed by atoms with E-state index in [-0.39, 0.29) is 5.56 Å². The van der Waals surface area contributed by atoms with Gasteiger partial charge in [-0.05, 0) is 30.2 Å². The van der Waals surface area contributed by atoms with Crippen LogP contribution in [0.1, 0.15) is 34.8 Å². The van der Waals surface area contributed by atoms with Crippen molar-refractivity contribution >= 4 is 5.97 Å². The van der Waals surface area contributed by atoms with E-state index in [1.165, 1.54) is 0 Å². The molecule has 21 heavy (non-hydrogen) atoms. The van der Waals surface area contributed by atoms with Crippen molar-refractivity contribution < 1.29 is 19.4 Å². The van der Waals surface area contributed by atoms with Crippen molar-refractivity contribution in [3.8, 4) is 17.2 Å². The smallest absolute Gasteiger partial charge is 0.339 e. The summed E-state index contributed by atoms with van der Waals surface area (Å²) >= 11 is 0. The van der Waals surface area contributed by atoms with Gasteiger partial charge in [0, 0.05) is 12.0 Å². The van der Waals surface area contributed by atoms with Crippen LogP contribution in [0.15, 0.2) is 36.4 Å². The Bertz CT molecular complexity index is 691. The fourth-order valence-electron chi connectivity index (χ4n) is 2.50. The molecule has 0 aliphatic carbocycles. The van der Waals surface area contributed by atoms with Gasteiger partial charge >= 0.3 is 5.97 Å². The molecule has 0 atom stereocenters. The third-order valence-corrected chi connectivity index (χ3v) is 3.47. The Morgan fingerprint density at radius 3 is 2.81 bits per heavy atom. The van der Waals surface area contributed by atoms with E-state index in [9.17, 15) is 9.90 Å². The van der Waals surface area contributed by atoms with E-state index in [1.807, 2.05) is 31.2 Å². The largest absolute Gasteiger partial charge is 0.493 e. The number of para-hydroxylation sites is 1. The topological polar surface area (TPSA) is 55.8 Å². The maximum atomic E-state index is 11.6. The minimum absolute atomic E-state index is 0.204. The number of hydrogen-bond acceptors (Lipinski definition) is 3. The minimum atomic E-state index is -0.985. The van der Waals surface area contributed by atoms with Crippen LogP contribution in [0.2, 0.25) is 0 Å². The first kappa shape index (κ1) is 13.5. The lowest BCUT2D eigenvalue weighted by Crippen LogP contribution is -2.12. The van der Waals surface area contributed by atoms with Crippen LogP contribution >= 0.6 is 0 Å². The van der Waals surface area contributed by atoms with Crippen LogP contribution in [0.25, 0.3) is 0 Å². The predicted octanol–water partition coefficient (Wildman–Crippen LogP) is 3.87. The summed E-state index contributed by atoms with van der Waals surface area (Å²) in [6, 6.07) is 11.1.